The fraction of sp³-hybridized carbons (Fsp3) is 0.386. The SMILES string of the molecule is O=C(c1c(-c2cncnc2)nn(-c2cccc(C(F)(F)F)c2)c1C1CC1)N1CCC(N2CCCC2)CC1c1c(-c2cncnc2)nn(-c2cccc(C(F)(F)F)c2)c1C1CC1. The quantitative estimate of drug-likeness (QED) is 0.133. The number of piperidine rings is 1. The van der Waals surface area contributed by atoms with Gasteiger partial charge in [-0.05, 0) is 101 Å². The first-order chi connectivity index (χ1) is 29.4. The van der Waals surface area contributed by atoms with E-state index in [0.29, 0.717) is 54.7 Å². The summed E-state index contributed by atoms with van der Waals surface area (Å²) in [5.41, 5.74) is 2.73. The Labute approximate surface area is 346 Å². The lowest BCUT2D eigenvalue weighted by Crippen LogP contribution is -2.48. The lowest BCUT2D eigenvalue weighted by Gasteiger charge is -2.43. The number of alkyl halides is 6. The summed E-state index contributed by atoms with van der Waals surface area (Å²) in [5.74, 6) is -0.544. The second-order valence-corrected chi connectivity index (χ2v) is 16.4. The predicted molar refractivity (Wildman–Crippen MR) is 211 cm³/mol. The molecule has 2 atom stereocenters. The van der Waals surface area contributed by atoms with Crippen LogP contribution in [0.2, 0.25) is 0 Å². The number of amides is 1. The second kappa shape index (κ2) is 15.2. The summed E-state index contributed by atoms with van der Waals surface area (Å²) < 4.78 is 87.8. The summed E-state index contributed by atoms with van der Waals surface area (Å²) in [5, 5.41) is 9.99. The first kappa shape index (κ1) is 39.2. The van der Waals surface area contributed by atoms with Gasteiger partial charge in [-0.25, -0.2) is 29.3 Å². The van der Waals surface area contributed by atoms with Crippen molar-refractivity contribution in [2.45, 2.75) is 87.6 Å². The maximum atomic E-state index is 15.9. The first-order valence-corrected chi connectivity index (χ1v) is 20.6. The Balaban J connectivity index is 1.18. The van der Waals surface area contributed by atoms with E-state index < -0.39 is 29.5 Å². The van der Waals surface area contributed by atoms with Crippen LogP contribution in [-0.4, -0.2) is 80.9 Å². The molecular weight excluding hydrogens is 799 g/mol. The highest BCUT2D eigenvalue weighted by molar-refractivity contribution is 6.02. The van der Waals surface area contributed by atoms with Gasteiger partial charge in [0, 0.05) is 65.9 Å². The zero-order valence-electron chi connectivity index (χ0n) is 32.8. The van der Waals surface area contributed by atoms with E-state index >= 15 is 4.79 Å². The van der Waals surface area contributed by atoms with Crippen molar-refractivity contribution in [2.24, 2.45) is 0 Å². The van der Waals surface area contributed by atoms with Gasteiger partial charge in [-0.15, -0.1) is 0 Å². The van der Waals surface area contributed by atoms with Crippen LogP contribution in [0.4, 0.5) is 26.3 Å². The van der Waals surface area contributed by atoms with Crippen molar-refractivity contribution in [3.05, 3.63) is 120 Å². The number of rotatable bonds is 9. The average molecular weight is 839 g/mol. The van der Waals surface area contributed by atoms with E-state index in [9.17, 15) is 26.3 Å². The zero-order valence-corrected chi connectivity index (χ0v) is 32.8. The van der Waals surface area contributed by atoms with E-state index in [1.807, 2.05) is 4.90 Å². The number of halogens is 6. The molecular formula is C44H40F6N10O. The van der Waals surface area contributed by atoms with Crippen LogP contribution in [0.15, 0.2) is 86.0 Å². The molecule has 0 spiro atoms. The third kappa shape index (κ3) is 7.46. The van der Waals surface area contributed by atoms with E-state index in [1.165, 1.54) is 41.9 Å². The topological polar surface area (TPSA) is 111 Å². The molecule has 0 bridgehead atoms. The fourth-order valence-corrected chi connectivity index (χ4v) is 9.22. The third-order valence-electron chi connectivity index (χ3n) is 12.4. The Morgan fingerprint density at radius 2 is 1.13 bits per heavy atom. The van der Waals surface area contributed by atoms with Crippen LogP contribution >= 0.6 is 0 Å². The summed E-state index contributed by atoms with van der Waals surface area (Å²) in [6.45, 7) is 2.16. The minimum absolute atomic E-state index is 0.0396. The number of hydrogen-bond donors (Lipinski definition) is 0. The molecule has 4 aliphatic rings. The molecule has 4 fully saturated rings. The highest BCUT2D eigenvalue weighted by atomic mass is 19.4. The summed E-state index contributed by atoms with van der Waals surface area (Å²) >= 11 is 0. The molecule has 0 N–H and O–H groups in total. The normalized spacial score (nSPS) is 20.1. The van der Waals surface area contributed by atoms with E-state index in [2.05, 4.69) is 24.8 Å². The number of hydrogen-bond acceptors (Lipinski definition) is 8. The predicted octanol–water partition coefficient (Wildman–Crippen LogP) is 9.21. The van der Waals surface area contributed by atoms with Gasteiger partial charge < -0.3 is 9.80 Å². The molecule has 6 aromatic rings. The monoisotopic (exact) mass is 838 g/mol. The number of benzene rings is 2. The van der Waals surface area contributed by atoms with Crippen molar-refractivity contribution < 1.29 is 31.1 Å². The third-order valence-corrected chi connectivity index (χ3v) is 12.4. The molecule has 2 aromatic carbocycles. The Morgan fingerprint density at radius 3 is 1.67 bits per heavy atom. The molecule has 2 saturated carbocycles. The van der Waals surface area contributed by atoms with E-state index in [1.54, 1.807) is 29.2 Å². The smallest absolute Gasteiger partial charge is 0.331 e. The number of carbonyl (C=O) groups is 1. The van der Waals surface area contributed by atoms with Crippen LogP contribution in [-0.2, 0) is 12.4 Å². The lowest BCUT2D eigenvalue weighted by atomic mass is 9.86. The van der Waals surface area contributed by atoms with Crippen molar-refractivity contribution >= 4 is 5.91 Å². The molecule has 0 radical (unpaired) electrons. The highest BCUT2D eigenvalue weighted by Crippen LogP contribution is 2.51. The molecule has 314 valence electrons. The zero-order chi connectivity index (χ0) is 42.0. The van der Waals surface area contributed by atoms with Crippen molar-refractivity contribution in [1.82, 2.24) is 49.3 Å². The van der Waals surface area contributed by atoms with Gasteiger partial charge in [0.25, 0.3) is 5.91 Å². The van der Waals surface area contributed by atoms with Crippen LogP contribution in [0.3, 0.4) is 0 Å². The molecule has 2 unspecified atom stereocenters. The standard InChI is InChI=1S/C44H40F6N10O/c45-43(46,47)30-5-3-7-33(17-30)59-40(26-9-10-26)36(38(55-59)28-20-51-24-52-21-28)35-19-32(57-14-1-2-15-57)13-16-58(35)42(61)37-39(29-22-53-25-54-23-29)56-60(41(37)27-11-12-27)34-8-4-6-31(18-34)44(48,49)50/h3-8,17-18,20-27,32,35H,1-2,9-16,19H2. The Hall–Kier alpha value is -5.97. The van der Waals surface area contributed by atoms with Gasteiger partial charge in [0.2, 0.25) is 0 Å². The van der Waals surface area contributed by atoms with Crippen LogP contribution < -0.4 is 0 Å². The Morgan fingerprint density at radius 1 is 0.623 bits per heavy atom. The largest absolute Gasteiger partial charge is 0.416 e. The van der Waals surface area contributed by atoms with Crippen LogP contribution in [0.25, 0.3) is 33.9 Å². The second-order valence-electron chi connectivity index (χ2n) is 16.4. The Kier molecular flexibility index (Phi) is 9.75. The van der Waals surface area contributed by atoms with Crippen LogP contribution in [0.1, 0.15) is 108 Å². The van der Waals surface area contributed by atoms with Crippen LogP contribution in [0.5, 0.6) is 0 Å². The van der Waals surface area contributed by atoms with E-state index in [0.717, 1.165) is 74.3 Å². The maximum absolute atomic E-state index is 15.9. The molecule has 2 aliphatic heterocycles. The van der Waals surface area contributed by atoms with E-state index in [-0.39, 0.29) is 46.4 Å². The van der Waals surface area contributed by atoms with Gasteiger partial charge >= 0.3 is 12.4 Å². The molecule has 11 nitrogen and oxygen atoms in total. The van der Waals surface area contributed by atoms with Crippen molar-refractivity contribution in [2.75, 3.05) is 19.6 Å². The average Bonchev–Trinajstić information content (AvgIpc) is 4.16. The maximum Gasteiger partial charge on any atom is 0.416 e. The van der Waals surface area contributed by atoms with Gasteiger partial charge in [0.1, 0.15) is 24.0 Å². The van der Waals surface area contributed by atoms with Gasteiger partial charge in [-0.3, -0.25) is 4.79 Å². The summed E-state index contributed by atoms with van der Waals surface area (Å²) in [6.07, 6.45) is 6.15. The molecule has 17 heteroatoms. The summed E-state index contributed by atoms with van der Waals surface area (Å²) in [6, 6.07) is 9.53. The minimum atomic E-state index is -4.61. The lowest BCUT2D eigenvalue weighted by molar-refractivity contribution is -0.138. The van der Waals surface area contributed by atoms with Gasteiger partial charge in [0.05, 0.1) is 45.5 Å². The summed E-state index contributed by atoms with van der Waals surface area (Å²) in [7, 11) is 0. The van der Waals surface area contributed by atoms with Crippen molar-refractivity contribution in [1.29, 1.82) is 0 Å². The molecule has 1 amide bonds. The molecule has 10 rings (SSSR count). The first-order valence-electron chi connectivity index (χ1n) is 20.6. The molecule has 2 saturated heterocycles. The molecule has 6 heterocycles. The van der Waals surface area contributed by atoms with Gasteiger partial charge in [0.15, 0.2) is 0 Å². The highest BCUT2D eigenvalue weighted by Gasteiger charge is 2.46. The van der Waals surface area contributed by atoms with Crippen LogP contribution in [0, 0.1) is 0 Å². The van der Waals surface area contributed by atoms with Crippen molar-refractivity contribution in [3.63, 3.8) is 0 Å². The number of carbonyl (C=O) groups excluding carboxylic acids is 1. The van der Waals surface area contributed by atoms with Gasteiger partial charge in [-0.2, -0.15) is 36.5 Å². The minimum Gasteiger partial charge on any atom is -0.331 e. The van der Waals surface area contributed by atoms with Crippen molar-refractivity contribution in [3.8, 4) is 33.9 Å². The van der Waals surface area contributed by atoms with Gasteiger partial charge in [-0.1, -0.05) is 12.1 Å². The Bertz CT molecular complexity index is 2580. The van der Waals surface area contributed by atoms with E-state index in [4.69, 9.17) is 10.2 Å². The fourth-order valence-electron chi connectivity index (χ4n) is 9.22. The summed E-state index contributed by atoms with van der Waals surface area (Å²) in [4.78, 5) is 37.2. The molecule has 2 aliphatic carbocycles. The number of likely N-dealkylation sites (tertiary alicyclic amines) is 2. The number of nitrogens with zero attached hydrogens (tertiary/aromatic N) is 10. The molecule has 4 aromatic heterocycles. The number of aromatic nitrogens is 8. The molecule has 61 heavy (non-hydrogen) atoms.